The van der Waals surface area contributed by atoms with Gasteiger partial charge in [-0.3, -0.25) is 4.68 Å². The molecule has 0 saturated heterocycles. The number of hydrogen-bond donors (Lipinski definition) is 0. The number of nitrogens with zero attached hydrogens (tertiary/aromatic N) is 6. The van der Waals surface area contributed by atoms with Crippen LogP contribution in [0.3, 0.4) is 0 Å². The lowest BCUT2D eigenvalue weighted by atomic mass is 9.95. The minimum atomic E-state index is 0.584. The van der Waals surface area contributed by atoms with E-state index in [1.54, 1.807) is 13.3 Å². The largest absolute Gasteiger partial charge is 0.481 e. The first kappa shape index (κ1) is 16.6. The smallest absolute Gasteiger partial charge is 0.212 e. The number of hydrogen-bond acceptors (Lipinski definition) is 6. The molecule has 7 nitrogen and oxygen atoms in total. The predicted molar refractivity (Wildman–Crippen MR) is 96.9 cm³/mol. The van der Waals surface area contributed by atoms with Crippen LogP contribution < -0.4 is 4.74 Å². The molecular formula is C19H22N6O. The fourth-order valence-electron chi connectivity index (χ4n) is 3.36. The third-order valence-electron chi connectivity index (χ3n) is 4.78. The maximum Gasteiger partial charge on any atom is 0.212 e. The summed E-state index contributed by atoms with van der Waals surface area (Å²) in [5.41, 5.74) is 5.44. The zero-order chi connectivity index (χ0) is 17.9. The van der Waals surface area contributed by atoms with Crippen molar-refractivity contribution >= 4 is 0 Å². The van der Waals surface area contributed by atoms with E-state index in [1.807, 2.05) is 23.0 Å². The Balaban J connectivity index is 1.45. The van der Waals surface area contributed by atoms with Gasteiger partial charge in [0, 0.05) is 42.2 Å². The Bertz CT molecular complexity index is 903. The maximum absolute atomic E-state index is 5.08. The number of aryl methyl sites for hydroxylation is 4. The quantitative estimate of drug-likeness (QED) is 0.704. The lowest BCUT2D eigenvalue weighted by Crippen LogP contribution is -2.13. The lowest BCUT2D eigenvalue weighted by molar-refractivity contribution is 0.398. The highest BCUT2D eigenvalue weighted by Crippen LogP contribution is 2.22. The molecule has 0 bridgehead atoms. The van der Waals surface area contributed by atoms with Gasteiger partial charge in [-0.05, 0) is 44.2 Å². The van der Waals surface area contributed by atoms with Crippen LogP contribution in [-0.2, 0) is 25.8 Å². The van der Waals surface area contributed by atoms with Crippen LogP contribution in [0.1, 0.15) is 35.6 Å². The van der Waals surface area contributed by atoms with Crippen molar-refractivity contribution in [1.82, 2.24) is 29.9 Å². The third kappa shape index (κ3) is 3.42. The first-order valence-corrected chi connectivity index (χ1v) is 8.99. The van der Waals surface area contributed by atoms with Gasteiger partial charge >= 0.3 is 0 Å². The summed E-state index contributed by atoms with van der Waals surface area (Å²) in [6.45, 7) is 2.80. The summed E-state index contributed by atoms with van der Waals surface area (Å²) in [5, 5.41) is 8.45. The van der Waals surface area contributed by atoms with Crippen molar-refractivity contribution in [2.24, 2.45) is 0 Å². The van der Waals surface area contributed by atoms with E-state index in [2.05, 4.69) is 27.2 Å². The van der Waals surface area contributed by atoms with Crippen molar-refractivity contribution < 1.29 is 4.74 Å². The average molecular weight is 350 g/mol. The van der Waals surface area contributed by atoms with Gasteiger partial charge in [0.05, 0.1) is 13.3 Å². The first-order chi connectivity index (χ1) is 12.7. The van der Waals surface area contributed by atoms with Gasteiger partial charge in [-0.25, -0.2) is 15.0 Å². The monoisotopic (exact) mass is 350 g/mol. The number of ether oxygens (including phenoxy) is 1. The second-order valence-corrected chi connectivity index (χ2v) is 6.56. The zero-order valence-corrected chi connectivity index (χ0v) is 15.1. The van der Waals surface area contributed by atoms with Gasteiger partial charge in [0.15, 0.2) is 0 Å². The van der Waals surface area contributed by atoms with E-state index in [0.717, 1.165) is 42.0 Å². The first-order valence-electron chi connectivity index (χ1n) is 8.99. The molecule has 3 aromatic rings. The summed E-state index contributed by atoms with van der Waals surface area (Å²) < 4.78 is 6.91. The van der Waals surface area contributed by atoms with Gasteiger partial charge in [0.2, 0.25) is 5.88 Å². The minimum absolute atomic E-state index is 0.584. The molecule has 0 N–H and O–H groups in total. The van der Waals surface area contributed by atoms with E-state index in [4.69, 9.17) is 9.72 Å². The SMILES string of the molecule is COc1ccc(-c2cn(CCc3nc(C)c4c(n3)CCCC4)nn2)cn1. The van der Waals surface area contributed by atoms with Crippen LogP contribution in [-0.4, -0.2) is 37.1 Å². The molecule has 0 spiro atoms. The second kappa shape index (κ2) is 7.19. The highest BCUT2D eigenvalue weighted by Gasteiger charge is 2.15. The summed E-state index contributed by atoms with van der Waals surface area (Å²) in [6.07, 6.45) is 9.08. The predicted octanol–water partition coefficient (Wildman–Crippen LogP) is 2.57. The molecule has 0 radical (unpaired) electrons. The van der Waals surface area contributed by atoms with E-state index < -0.39 is 0 Å². The number of rotatable bonds is 5. The molecule has 0 aromatic carbocycles. The number of pyridine rings is 1. The summed E-state index contributed by atoms with van der Waals surface area (Å²) >= 11 is 0. The fraction of sp³-hybridized carbons (Fsp3) is 0.421. The fourth-order valence-corrected chi connectivity index (χ4v) is 3.36. The van der Waals surface area contributed by atoms with Gasteiger partial charge in [0.1, 0.15) is 11.5 Å². The van der Waals surface area contributed by atoms with Crippen LogP contribution in [0.2, 0.25) is 0 Å². The summed E-state index contributed by atoms with van der Waals surface area (Å²) in [4.78, 5) is 13.7. The van der Waals surface area contributed by atoms with Crippen LogP contribution in [0.25, 0.3) is 11.3 Å². The van der Waals surface area contributed by atoms with Crippen molar-refractivity contribution in [3.63, 3.8) is 0 Å². The van der Waals surface area contributed by atoms with E-state index in [-0.39, 0.29) is 0 Å². The van der Waals surface area contributed by atoms with E-state index in [0.29, 0.717) is 12.4 Å². The van der Waals surface area contributed by atoms with E-state index in [1.165, 1.54) is 24.1 Å². The van der Waals surface area contributed by atoms with Gasteiger partial charge < -0.3 is 4.74 Å². The highest BCUT2D eigenvalue weighted by atomic mass is 16.5. The number of methoxy groups -OCH3 is 1. The normalized spacial score (nSPS) is 13.5. The van der Waals surface area contributed by atoms with E-state index >= 15 is 0 Å². The Morgan fingerprint density at radius 2 is 2.04 bits per heavy atom. The van der Waals surface area contributed by atoms with Crippen LogP contribution in [0, 0.1) is 6.92 Å². The highest BCUT2D eigenvalue weighted by molar-refractivity contribution is 5.56. The Labute approximate surface area is 152 Å². The molecule has 134 valence electrons. The Kier molecular flexibility index (Phi) is 4.60. The van der Waals surface area contributed by atoms with Gasteiger partial charge in [-0.1, -0.05) is 5.21 Å². The average Bonchev–Trinajstić information content (AvgIpc) is 3.15. The molecular weight excluding hydrogens is 328 g/mol. The molecule has 0 saturated carbocycles. The third-order valence-corrected chi connectivity index (χ3v) is 4.78. The van der Waals surface area contributed by atoms with Crippen LogP contribution in [0.5, 0.6) is 5.88 Å². The van der Waals surface area contributed by atoms with Crippen LogP contribution >= 0.6 is 0 Å². The van der Waals surface area contributed by atoms with Crippen molar-refractivity contribution in [2.75, 3.05) is 7.11 Å². The zero-order valence-electron chi connectivity index (χ0n) is 15.1. The van der Waals surface area contributed by atoms with Gasteiger partial charge in [-0.15, -0.1) is 5.10 Å². The lowest BCUT2D eigenvalue weighted by Gasteiger charge is -2.17. The number of fused-ring (bicyclic) bond motifs is 1. The Morgan fingerprint density at radius 3 is 2.85 bits per heavy atom. The summed E-state index contributed by atoms with van der Waals surface area (Å²) in [5.74, 6) is 1.48. The topological polar surface area (TPSA) is 78.6 Å². The standard InChI is InChI=1S/C19H22N6O/c1-13-15-5-3-4-6-16(15)22-18(21-13)9-10-25-12-17(23-24-25)14-7-8-19(26-2)20-11-14/h7-8,11-12H,3-6,9-10H2,1-2H3. The molecule has 0 unspecified atom stereocenters. The van der Waals surface area contributed by atoms with Crippen LogP contribution in [0.15, 0.2) is 24.5 Å². The van der Waals surface area contributed by atoms with Crippen molar-refractivity contribution in [3.05, 3.63) is 47.3 Å². The summed E-state index contributed by atoms with van der Waals surface area (Å²) in [7, 11) is 1.60. The van der Waals surface area contributed by atoms with Crippen molar-refractivity contribution in [1.29, 1.82) is 0 Å². The molecule has 1 aliphatic rings. The second-order valence-electron chi connectivity index (χ2n) is 6.56. The molecule has 0 atom stereocenters. The van der Waals surface area contributed by atoms with Crippen molar-refractivity contribution in [3.8, 4) is 17.1 Å². The Hall–Kier alpha value is -2.83. The molecule has 4 rings (SSSR count). The van der Waals surface area contributed by atoms with Crippen LogP contribution in [0.4, 0.5) is 0 Å². The molecule has 7 heteroatoms. The molecule has 26 heavy (non-hydrogen) atoms. The van der Waals surface area contributed by atoms with Gasteiger partial charge in [0.25, 0.3) is 0 Å². The number of aromatic nitrogens is 6. The summed E-state index contributed by atoms with van der Waals surface area (Å²) in [6, 6.07) is 3.74. The van der Waals surface area contributed by atoms with Crippen molar-refractivity contribution in [2.45, 2.75) is 45.6 Å². The minimum Gasteiger partial charge on any atom is -0.481 e. The molecule has 0 amide bonds. The molecule has 0 aliphatic heterocycles. The van der Waals surface area contributed by atoms with E-state index in [9.17, 15) is 0 Å². The molecule has 3 heterocycles. The molecule has 3 aromatic heterocycles. The maximum atomic E-state index is 5.08. The Morgan fingerprint density at radius 1 is 1.15 bits per heavy atom. The van der Waals surface area contributed by atoms with Gasteiger partial charge in [-0.2, -0.15) is 0 Å². The molecule has 0 fully saturated rings. The molecule has 1 aliphatic carbocycles.